The summed E-state index contributed by atoms with van der Waals surface area (Å²) in [6.45, 7) is 5.45. The standard InChI is InChI=1S/C18H28ClNO/c1-4-13-7-6-8-14(11-13)18(20-5-2)16-12-15(19)9-10-17(16)21-3/h9-10,12-14,18,20H,4-8,11H2,1-3H3. The van der Waals surface area contributed by atoms with Crippen molar-refractivity contribution in [2.75, 3.05) is 13.7 Å². The van der Waals surface area contributed by atoms with Crippen molar-refractivity contribution < 1.29 is 4.74 Å². The van der Waals surface area contributed by atoms with E-state index in [1.165, 1.54) is 37.7 Å². The maximum absolute atomic E-state index is 6.23. The first kappa shape index (κ1) is 16.6. The van der Waals surface area contributed by atoms with Crippen molar-refractivity contribution in [1.29, 1.82) is 0 Å². The van der Waals surface area contributed by atoms with Crippen LogP contribution >= 0.6 is 11.6 Å². The van der Waals surface area contributed by atoms with Crippen molar-refractivity contribution in [3.05, 3.63) is 28.8 Å². The van der Waals surface area contributed by atoms with Gasteiger partial charge in [-0.05, 0) is 49.4 Å². The van der Waals surface area contributed by atoms with Gasteiger partial charge in [-0.1, -0.05) is 44.7 Å². The number of hydrogen-bond donors (Lipinski definition) is 1. The molecule has 0 amide bonds. The summed E-state index contributed by atoms with van der Waals surface area (Å²) >= 11 is 6.23. The average Bonchev–Trinajstić information content (AvgIpc) is 2.52. The highest BCUT2D eigenvalue weighted by molar-refractivity contribution is 6.30. The summed E-state index contributed by atoms with van der Waals surface area (Å²) in [5, 5.41) is 4.47. The Morgan fingerprint density at radius 3 is 2.81 bits per heavy atom. The van der Waals surface area contributed by atoms with Crippen LogP contribution in [0.3, 0.4) is 0 Å². The quantitative estimate of drug-likeness (QED) is 0.778. The number of hydrogen-bond acceptors (Lipinski definition) is 2. The van der Waals surface area contributed by atoms with Crippen molar-refractivity contribution >= 4 is 11.6 Å². The van der Waals surface area contributed by atoms with Gasteiger partial charge in [-0.2, -0.15) is 0 Å². The van der Waals surface area contributed by atoms with E-state index in [2.05, 4.69) is 25.2 Å². The molecule has 0 radical (unpaired) electrons. The molecule has 118 valence electrons. The first-order valence-electron chi connectivity index (χ1n) is 8.26. The summed E-state index contributed by atoms with van der Waals surface area (Å²) in [5.74, 6) is 2.50. The second-order valence-electron chi connectivity index (χ2n) is 6.12. The van der Waals surface area contributed by atoms with Gasteiger partial charge in [0.2, 0.25) is 0 Å². The van der Waals surface area contributed by atoms with Crippen LogP contribution in [0.15, 0.2) is 18.2 Å². The van der Waals surface area contributed by atoms with E-state index in [1.54, 1.807) is 7.11 Å². The van der Waals surface area contributed by atoms with Crippen molar-refractivity contribution in [1.82, 2.24) is 5.32 Å². The lowest BCUT2D eigenvalue weighted by Crippen LogP contribution is -2.32. The van der Waals surface area contributed by atoms with Crippen molar-refractivity contribution in [3.8, 4) is 5.75 Å². The molecule has 1 aromatic carbocycles. The van der Waals surface area contributed by atoms with Crippen molar-refractivity contribution in [3.63, 3.8) is 0 Å². The van der Waals surface area contributed by atoms with Gasteiger partial charge in [0.15, 0.2) is 0 Å². The van der Waals surface area contributed by atoms with Gasteiger partial charge in [0.1, 0.15) is 5.75 Å². The van der Waals surface area contributed by atoms with E-state index < -0.39 is 0 Å². The fourth-order valence-corrected chi connectivity index (χ4v) is 3.89. The summed E-state index contributed by atoms with van der Waals surface area (Å²) < 4.78 is 5.57. The lowest BCUT2D eigenvalue weighted by Gasteiger charge is -2.35. The van der Waals surface area contributed by atoms with Crippen molar-refractivity contribution in [2.45, 2.75) is 52.0 Å². The van der Waals surface area contributed by atoms with Crippen LogP contribution in [0.25, 0.3) is 0 Å². The molecule has 0 aliphatic heterocycles. The number of halogens is 1. The molecule has 1 fully saturated rings. The normalized spacial score (nSPS) is 23.8. The molecule has 0 spiro atoms. The average molecular weight is 310 g/mol. The lowest BCUT2D eigenvalue weighted by molar-refractivity contribution is 0.208. The summed E-state index contributed by atoms with van der Waals surface area (Å²) in [4.78, 5) is 0. The highest BCUT2D eigenvalue weighted by Crippen LogP contribution is 2.41. The van der Waals surface area contributed by atoms with Crippen LogP contribution in [-0.2, 0) is 0 Å². The molecule has 2 rings (SSSR count). The monoisotopic (exact) mass is 309 g/mol. The van der Waals surface area contributed by atoms with Gasteiger partial charge < -0.3 is 10.1 Å². The van der Waals surface area contributed by atoms with Gasteiger partial charge >= 0.3 is 0 Å². The molecule has 0 heterocycles. The molecule has 3 heteroatoms. The van der Waals surface area contributed by atoms with Gasteiger partial charge in [-0.3, -0.25) is 0 Å². The maximum Gasteiger partial charge on any atom is 0.123 e. The number of rotatable bonds is 6. The molecule has 2 nitrogen and oxygen atoms in total. The Hall–Kier alpha value is -0.730. The van der Waals surface area contributed by atoms with E-state index in [0.29, 0.717) is 12.0 Å². The Kier molecular flexibility index (Phi) is 6.38. The van der Waals surface area contributed by atoms with Crippen LogP contribution in [0.2, 0.25) is 5.02 Å². The summed E-state index contributed by atoms with van der Waals surface area (Å²) in [6, 6.07) is 6.31. The Labute approximate surface area is 134 Å². The molecule has 3 atom stereocenters. The molecule has 0 bridgehead atoms. The van der Waals surface area contributed by atoms with E-state index in [0.717, 1.165) is 23.2 Å². The summed E-state index contributed by atoms with van der Waals surface area (Å²) in [6.07, 6.45) is 6.63. The van der Waals surface area contributed by atoms with Gasteiger partial charge in [-0.15, -0.1) is 0 Å². The molecule has 21 heavy (non-hydrogen) atoms. The highest BCUT2D eigenvalue weighted by Gasteiger charge is 2.30. The molecule has 1 aromatic rings. The molecular weight excluding hydrogens is 282 g/mol. The SMILES string of the molecule is CCNC(c1cc(Cl)ccc1OC)C1CCCC(CC)C1. The third kappa shape index (κ3) is 4.14. The minimum absolute atomic E-state index is 0.345. The maximum atomic E-state index is 6.23. The largest absolute Gasteiger partial charge is 0.496 e. The van der Waals surface area contributed by atoms with Crippen LogP contribution in [0.1, 0.15) is 57.6 Å². The number of methoxy groups -OCH3 is 1. The van der Waals surface area contributed by atoms with Gasteiger partial charge in [-0.25, -0.2) is 0 Å². The molecule has 0 aromatic heterocycles. The van der Waals surface area contributed by atoms with E-state index in [9.17, 15) is 0 Å². The zero-order valence-electron chi connectivity index (χ0n) is 13.5. The lowest BCUT2D eigenvalue weighted by atomic mass is 9.75. The predicted octanol–water partition coefficient (Wildman–Crippen LogP) is 5.22. The van der Waals surface area contributed by atoms with Gasteiger partial charge in [0.25, 0.3) is 0 Å². The topological polar surface area (TPSA) is 21.3 Å². The van der Waals surface area contributed by atoms with E-state index in [-0.39, 0.29) is 0 Å². The fraction of sp³-hybridized carbons (Fsp3) is 0.667. The minimum Gasteiger partial charge on any atom is -0.496 e. The van der Waals surface area contributed by atoms with E-state index in [4.69, 9.17) is 16.3 Å². The number of nitrogens with one attached hydrogen (secondary N) is 1. The third-order valence-corrected chi connectivity index (χ3v) is 5.06. The second-order valence-corrected chi connectivity index (χ2v) is 6.56. The minimum atomic E-state index is 0.345. The van der Waals surface area contributed by atoms with Crippen LogP contribution in [-0.4, -0.2) is 13.7 Å². The Balaban J connectivity index is 2.27. The van der Waals surface area contributed by atoms with Crippen molar-refractivity contribution in [2.24, 2.45) is 11.8 Å². The number of ether oxygens (including phenoxy) is 1. The summed E-state index contributed by atoms with van der Waals surface area (Å²) in [5.41, 5.74) is 1.22. The molecule has 1 aliphatic rings. The first-order valence-corrected chi connectivity index (χ1v) is 8.64. The Morgan fingerprint density at radius 2 is 2.14 bits per heavy atom. The number of benzene rings is 1. The zero-order valence-corrected chi connectivity index (χ0v) is 14.2. The highest BCUT2D eigenvalue weighted by atomic mass is 35.5. The molecule has 0 saturated heterocycles. The predicted molar refractivity (Wildman–Crippen MR) is 90.2 cm³/mol. The fourth-order valence-electron chi connectivity index (χ4n) is 3.70. The van der Waals surface area contributed by atoms with Crippen LogP contribution in [0.5, 0.6) is 5.75 Å². The Morgan fingerprint density at radius 1 is 1.33 bits per heavy atom. The summed E-state index contributed by atoms with van der Waals surface area (Å²) in [7, 11) is 1.74. The molecule has 1 aliphatic carbocycles. The molecular formula is C18H28ClNO. The second kappa shape index (κ2) is 8.05. The molecule has 3 unspecified atom stereocenters. The first-order chi connectivity index (χ1) is 10.2. The van der Waals surface area contributed by atoms with Gasteiger partial charge in [0, 0.05) is 16.6 Å². The van der Waals surface area contributed by atoms with E-state index >= 15 is 0 Å². The zero-order chi connectivity index (χ0) is 15.2. The smallest absolute Gasteiger partial charge is 0.123 e. The van der Waals surface area contributed by atoms with Crippen LogP contribution < -0.4 is 10.1 Å². The Bertz CT molecular complexity index is 449. The van der Waals surface area contributed by atoms with Gasteiger partial charge in [0.05, 0.1) is 7.11 Å². The third-order valence-electron chi connectivity index (χ3n) is 4.82. The van der Waals surface area contributed by atoms with Crippen LogP contribution in [0.4, 0.5) is 0 Å². The van der Waals surface area contributed by atoms with E-state index in [1.807, 2.05) is 12.1 Å². The molecule has 1 saturated carbocycles. The van der Waals surface area contributed by atoms with Crippen LogP contribution in [0, 0.1) is 11.8 Å². The molecule has 1 N–H and O–H groups in total.